The van der Waals surface area contributed by atoms with Gasteiger partial charge in [-0.1, -0.05) is 0 Å². The molecule has 0 aliphatic heterocycles. The number of anilines is 1. The van der Waals surface area contributed by atoms with E-state index in [9.17, 15) is 8.42 Å². The Hall–Kier alpha value is -0.960. The van der Waals surface area contributed by atoms with Crippen LogP contribution in [0.5, 0.6) is 0 Å². The van der Waals surface area contributed by atoms with E-state index in [0.717, 1.165) is 9.88 Å². The van der Waals surface area contributed by atoms with Gasteiger partial charge in [-0.05, 0) is 48.0 Å². The summed E-state index contributed by atoms with van der Waals surface area (Å²) < 4.78 is 27.7. The Bertz CT molecular complexity index is 728. The molecule has 0 aliphatic rings. The van der Waals surface area contributed by atoms with Gasteiger partial charge in [-0.3, -0.25) is 0 Å². The van der Waals surface area contributed by atoms with Crippen molar-refractivity contribution in [1.29, 1.82) is 0 Å². The van der Waals surface area contributed by atoms with Gasteiger partial charge in [0, 0.05) is 21.2 Å². The standard InChI is InChI=1S/C12H14BrN3O2S2/c1-7-6-15-12(19-7)8(2)16-20(17,18)9-3-4-11(14)10(13)5-9/h3-6,8,16H,14H2,1-2H3. The van der Waals surface area contributed by atoms with E-state index in [1.54, 1.807) is 19.2 Å². The predicted octanol–water partition coefficient (Wildman–Crippen LogP) is 2.84. The molecule has 8 heteroatoms. The van der Waals surface area contributed by atoms with E-state index in [-0.39, 0.29) is 10.9 Å². The molecule has 0 spiro atoms. The van der Waals surface area contributed by atoms with Gasteiger partial charge in [0.1, 0.15) is 5.01 Å². The molecule has 0 amide bonds. The number of nitrogens with zero attached hydrogens (tertiary/aromatic N) is 1. The van der Waals surface area contributed by atoms with Crippen LogP contribution in [0.3, 0.4) is 0 Å². The summed E-state index contributed by atoms with van der Waals surface area (Å²) in [7, 11) is -3.61. The molecule has 1 aromatic heterocycles. The van der Waals surface area contributed by atoms with Crippen molar-refractivity contribution in [2.45, 2.75) is 24.8 Å². The molecule has 0 saturated carbocycles. The molecule has 0 saturated heterocycles. The van der Waals surface area contributed by atoms with Crippen molar-refractivity contribution in [3.63, 3.8) is 0 Å². The number of aromatic nitrogens is 1. The number of nitrogens with two attached hydrogens (primary N) is 1. The van der Waals surface area contributed by atoms with Crippen LogP contribution in [0.2, 0.25) is 0 Å². The SMILES string of the molecule is Cc1cnc(C(C)NS(=O)(=O)c2ccc(N)c(Br)c2)s1. The Labute approximate surface area is 130 Å². The molecule has 1 aromatic carbocycles. The van der Waals surface area contributed by atoms with Crippen LogP contribution in [0.25, 0.3) is 0 Å². The topological polar surface area (TPSA) is 85.1 Å². The van der Waals surface area contributed by atoms with Crippen molar-refractivity contribution in [3.8, 4) is 0 Å². The molecular formula is C12H14BrN3O2S2. The lowest BCUT2D eigenvalue weighted by Gasteiger charge is -2.12. The minimum Gasteiger partial charge on any atom is -0.398 e. The zero-order valence-electron chi connectivity index (χ0n) is 10.9. The largest absolute Gasteiger partial charge is 0.398 e. The van der Waals surface area contributed by atoms with Gasteiger partial charge >= 0.3 is 0 Å². The lowest BCUT2D eigenvalue weighted by Crippen LogP contribution is -2.26. The normalized spacial score (nSPS) is 13.3. The zero-order chi connectivity index (χ0) is 14.9. The summed E-state index contributed by atoms with van der Waals surface area (Å²) >= 11 is 4.70. The van der Waals surface area contributed by atoms with Crippen LogP contribution < -0.4 is 10.5 Å². The maximum Gasteiger partial charge on any atom is 0.241 e. The van der Waals surface area contributed by atoms with Gasteiger partial charge in [-0.25, -0.2) is 18.1 Å². The van der Waals surface area contributed by atoms with Crippen molar-refractivity contribution >= 4 is 43.0 Å². The van der Waals surface area contributed by atoms with Gasteiger partial charge in [0.25, 0.3) is 0 Å². The minimum atomic E-state index is -3.61. The van der Waals surface area contributed by atoms with Gasteiger partial charge in [-0.15, -0.1) is 11.3 Å². The van der Waals surface area contributed by atoms with Gasteiger partial charge in [0.2, 0.25) is 10.0 Å². The lowest BCUT2D eigenvalue weighted by atomic mass is 10.3. The number of hydrogen-bond donors (Lipinski definition) is 2. The minimum absolute atomic E-state index is 0.165. The highest BCUT2D eigenvalue weighted by Crippen LogP contribution is 2.25. The third-order valence-electron chi connectivity index (χ3n) is 2.62. The van der Waals surface area contributed by atoms with Crippen LogP contribution in [-0.2, 0) is 10.0 Å². The highest BCUT2D eigenvalue weighted by Gasteiger charge is 2.20. The summed E-state index contributed by atoms with van der Waals surface area (Å²) in [5, 5.41) is 0.737. The number of rotatable bonds is 4. The first-order chi connectivity index (χ1) is 9.29. The second kappa shape index (κ2) is 5.80. The molecule has 0 bridgehead atoms. The molecule has 0 fully saturated rings. The molecule has 1 atom stereocenters. The molecule has 5 nitrogen and oxygen atoms in total. The van der Waals surface area contributed by atoms with E-state index in [1.807, 2.05) is 6.92 Å². The van der Waals surface area contributed by atoms with Crippen LogP contribution in [0, 0.1) is 6.92 Å². The van der Waals surface area contributed by atoms with Gasteiger partial charge in [-0.2, -0.15) is 0 Å². The Morgan fingerprint density at radius 3 is 2.70 bits per heavy atom. The van der Waals surface area contributed by atoms with Crippen molar-refractivity contribution in [2.75, 3.05) is 5.73 Å². The summed E-state index contributed by atoms with van der Waals surface area (Å²) in [4.78, 5) is 5.40. The van der Waals surface area contributed by atoms with Crippen LogP contribution in [0.15, 0.2) is 33.8 Å². The van der Waals surface area contributed by atoms with E-state index >= 15 is 0 Å². The average molecular weight is 376 g/mol. The molecule has 0 radical (unpaired) electrons. The number of aryl methyl sites for hydroxylation is 1. The average Bonchev–Trinajstić information content (AvgIpc) is 2.79. The van der Waals surface area contributed by atoms with Gasteiger partial charge in [0.15, 0.2) is 0 Å². The lowest BCUT2D eigenvalue weighted by molar-refractivity contribution is 0.566. The first kappa shape index (κ1) is 15.4. The van der Waals surface area contributed by atoms with Gasteiger partial charge < -0.3 is 5.73 Å². The summed E-state index contributed by atoms with van der Waals surface area (Å²) in [6.45, 7) is 3.70. The molecular weight excluding hydrogens is 362 g/mol. The summed E-state index contributed by atoms with van der Waals surface area (Å²) in [6, 6.07) is 4.13. The molecule has 2 rings (SSSR count). The molecule has 108 valence electrons. The highest BCUT2D eigenvalue weighted by atomic mass is 79.9. The van der Waals surface area contributed by atoms with Crippen LogP contribution >= 0.6 is 27.3 Å². The molecule has 1 heterocycles. The second-order valence-corrected chi connectivity index (χ2v) is 8.17. The fourth-order valence-corrected chi connectivity index (χ4v) is 4.21. The summed E-state index contributed by atoms with van der Waals surface area (Å²) in [5.74, 6) is 0. The molecule has 20 heavy (non-hydrogen) atoms. The quantitative estimate of drug-likeness (QED) is 0.804. The highest BCUT2D eigenvalue weighted by molar-refractivity contribution is 9.10. The van der Waals surface area contributed by atoms with Crippen molar-refractivity contribution in [3.05, 3.63) is 38.8 Å². The van der Waals surface area contributed by atoms with Crippen LogP contribution in [0.4, 0.5) is 5.69 Å². The fourth-order valence-electron chi connectivity index (χ4n) is 1.60. The number of sulfonamides is 1. The Morgan fingerprint density at radius 2 is 2.15 bits per heavy atom. The van der Waals surface area contributed by atoms with Crippen LogP contribution in [0.1, 0.15) is 22.9 Å². The number of halogens is 1. The third-order valence-corrected chi connectivity index (χ3v) is 5.94. The van der Waals surface area contributed by atoms with Crippen molar-refractivity contribution in [2.24, 2.45) is 0 Å². The van der Waals surface area contributed by atoms with E-state index in [2.05, 4.69) is 25.6 Å². The predicted molar refractivity (Wildman–Crippen MR) is 84.1 cm³/mol. The summed E-state index contributed by atoms with van der Waals surface area (Å²) in [5.41, 5.74) is 6.15. The van der Waals surface area contributed by atoms with Crippen LogP contribution in [-0.4, -0.2) is 13.4 Å². The van der Waals surface area contributed by atoms with Gasteiger partial charge in [0.05, 0.1) is 10.9 Å². The third kappa shape index (κ3) is 3.38. The first-order valence-corrected chi connectivity index (χ1v) is 8.88. The molecule has 3 N–H and O–H groups in total. The fraction of sp³-hybridized carbons (Fsp3) is 0.250. The van der Waals surface area contributed by atoms with E-state index in [0.29, 0.717) is 10.2 Å². The molecule has 0 aliphatic carbocycles. The molecule has 2 aromatic rings. The first-order valence-electron chi connectivity index (χ1n) is 5.79. The Kier molecular flexibility index (Phi) is 4.48. The monoisotopic (exact) mass is 375 g/mol. The summed E-state index contributed by atoms with van der Waals surface area (Å²) in [6.07, 6.45) is 1.73. The second-order valence-electron chi connectivity index (χ2n) is 4.34. The number of nitrogen functional groups attached to an aromatic ring is 1. The zero-order valence-corrected chi connectivity index (χ0v) is 14.1. The Morgan fingerprint density at radius 1 is 1.45 bits per heavy atom. The Balaban J connectivity index is 2.24. The number of thiazole rings is 1. The maximum atomic E-state index is 12.3. The molecule has 1 unspecified atom stereocenters. The van der Waals surface area contributed by atoms with Crippen molar-refractivity contribution in [1.82, 2.24) is 9.71 Å². The van der Waals surface area contributed by atoms with E-state index in [4.69, 9.17) is 5.73 Å². The number of benzene rings is 1. The maximum absolute atomic E-state index is 12.3. The van der Waals surface area contributed by atoms with E-state index < -0.39 is 10.0 Å². The van der Waals surface area contributed by atoms with Crippen molar-refractivity contribution < 1.29 is 8.42 Å². The van der Waals surface area contributed by atoms with E-state index in [1.165, 1.54) is 23.5 Å². The smallest absolute Gasteiger partial charge is 0.241 e. The number of hydrogen-bond acceptors (Lipinski definition) is 5. The number of nitrogens with one attached hydrogen (secondary N) is 1.